The average Bonchev–Trinajstić information content (AvgIpc) is 2.66. The second-order valence-corrected chi connectivity index (χ2v) is 5.72. The van der Waals surface area contributed by atoms with Gasteiger partial charge in [0.25, 0.3) is 0 Å². The summed E-state index contributed by atoms with van der Waals surface area (Å²) in [6.07, 6.45) is 3.89. The number of nitrogens with one attached hydrogen (secondary N) is 2. The van der Waals surface area contributed by atoms with E-state index in [2.05, 4.69) is 48.4 Å². The number of aromatic nitrogens is 2. The van der Waals surface area contributed by atoms with Gasteiger partial charge in [-0.25, -0.2) is 0 Å². The lowest BCUT2D eigenvalue weighted by molar-refractivity contribution is 0.444. The minimum absolute atomic E-state index is 0.522. The SMILES string of the molecule is Cc1ccc2[nH]nc(NC3CCC3)c2c1C(C)C. The molecule has 0 spiro atoms. The summed E-state index contributed by atoms with van der Waals surface area (Å²) in [5.74, 6) is 1.57. The highest BCUT2D eigenvalue weighted by Crippen LogP contribution is 2.34. The fourth-order valence-electron chi connectivity index (χ4n) is 2.84. The van der Waals surface area contributed by atoms with E-state index in [0.717, 1.165) is 11.3 Å². The van der Waals surface area contributed by atoms with Gasteiger partial charge in [-0.05, 0) is 49.3 Å². The van der Waals surface area contributed by atoms with E-state index in [1.807, 2.05) is 0 Å². The zero-order chi connectivity index (χ0) is 12.7. The number of H-pyrrole nitrogens is 1. The molecule has 3 rings (SSSR count). The third kappa shape index (κ3) is 1.78. The van der Waals surface area contributed by atoms with Crippen molar-refractivity contribution < 1.29 is 0 Å². The molecule has 2 aromatic rings. The molecular weight excluding hydrogens is 222 g/mol. The quantitative estimate of drug-likeness (QED) is 0.856. The van der Waals surface area contributed by atoms with E-state index in [9.17, 15) is 0 Å². The predicted molar refractivity (Wildman–Crippen MR) is 76.2 cm³/mol. The van der Waals surface area contributed by atoms with Crippen molar-refractivity contribution >= 4 is 16.7 Å². The van der Waals surface area contributed by atoms with Crippen LogP contribution in [0.3, 0.4) is 0 Å². The molecule has 96 valence electrons. The van der Waals surface area contributed by atoms with Gasteiger partial charge in [0.05, 0.1) is 5.52 Å². The Labute approximate surface area is 108 Å². The van der Waals surface area contributed by atoms with Crippen molar-refractivity contribution in [2.24, 2.45) is 0 Å². The number of rotatable bonds is 3. The normalized spacial score (nSPS) is 16.2. The number of anilines is 1. The van der Waals surface area contributed by atoms with E-state index in [1.165, 1.54) is 35.8 Å². The Morgan fingerprint density at radius 1 is 1.33 bits per heavy atom. The smallest absolute Gasteiger partial charge is 0.156 e. The van der Waals surface area contributed by atoms with Crippen molar-refractivity contribution in [2.45, 2.75) is 52.0 Å². The van der Waals surface area contributed by atoms with Crippen LogP contribution < -0.4 is 5.32 Å². The molecule has 1 fully saturated rings. The number of nitrogens with zero attached hydrogens (tertiary/aromatic N) is 1. The molecule has 0 radical (unpaired) electrons. The van der Waals surface area contributed by atoms with Crippen molar-refractivity contribution in [1.29, 1.82) is 0 Å². The molecule has 1 aromatic carbocycles. The largest absolute Gasteiger partial charge is 0.365 e. The molecule has 1 aliphatic carbocycles. The van der Waals surface area contributed by atoms with E-state index in [4.69, 9.17) is 0 Å². The predicted octanol–water partition coefficient (Wildman–Crippen LogP) is 3.96. The summed E-state index contributed by atoms with van der Waals surface area (Å²) in [7, 11) is 0. The van der Waals surface area contributed by atoms with Gasteiger partial charge in [0.15, 0.2) is 5.82 Å². The Morgan fingerprint density at radius 3 is 2.72 bits per heavy atom. The Balaban J connectivity index is 2.11. The van der Waals surface area contributed by atoms with Crippen molar-refractivity contribution in [3.8, 4) is 0 Å². The first-order valence-electron chi connectivity index (χ1n) is 6.91. The van der Waals surface area contributed by atoms with Crippen molar-refractivity contribution in [1.82, 2.24) is 10.2 Å². The molecule has 1 aromatic heterocycles. The van der Waals surface area contributed by atoms with Crippen LogP contribution in [0, 0.1) is 6.92 Å². The van der Waals surface area contributed by atoms with E-state index < -0.39 is 0 Å². The summed E-state index contributed by atoms with van der Waals surface area (Å²) in [5, 5.41) is 12.5. The van der Waals surface area contributed by atoms with Gasteiger partial charge in [0.2, 0.25) is 0 Å². The van der Waals surface area contributed by atoms with E-state index in [1.54, 1.807) is 0 Å². The van der Waals surface area contributed by atoms with Crippen LogP contribution in [0.4, 0.5) is 5.82 Å². The average molecular weight is 243 g/mol. The highest BCUT2D eigenvalue weighted by Gasteiger charge is 2.21. The lowest BCUT2D eigenvalue weighted by Crippen LogP contribution is -2.27. The molecule has 3 nitrogen and oxygen atoms in total. The van der Waals surface area contributed by atoms with Gasteiger partial charge in [0, 0.05) is 11.4 Å². The number of benzene rings is 1. The van der Waals surface area contributed by atoms with Crippen LogP contribution in [0.25, 0.3) is 10.9 Å². The molecular formula is C15H21N3. The third-order valence-electron chi connectivity index (χ3n) is 4.01. The second-order valence-electron chi connectivity index (χ2n) is 5.72. The Hall–Kier alpha value is -1.51. The molecule has 2 N–H and O–H groups in total. The topological polar surface area (TPSA) is 40.7 Å². The molecule has 3 heteroatoms. The van der Waals surface area contributed by atoms with E-state index in [-0.39, 0.29) is 0 Å². The first-order valence-corrected chi connectivity index (χ1v) is 6.91. The summed E-state index contributed by atoms with van der Waals surface area (Å²) < 4.78 is 0. The molecule has 0 amide bonds. The van der Waals surface area contributed by atoms with Crippen LogP contribution in [0.5, 0.6) is 0 Å². The molecule has 1 aliphatic rings. The lowest BCUT2D eigenvalue weighted by atomic mass is 9.91. The fraction of sp³-hybridized carbons (Fsp3) is 0.533. The summed E-state index contributed by atoms with van der Waals surface area (Å²) in [6.45, 7) is 6.69. The maximum atomic E-state index is 4.47. The van der Waals surface area contributed by atoms with Gasteiger partial charge in [-0.3, -0.25) is 5.10 Å². The van der Waals surface area contributed by atoms with Crippen LogP contribution in [0.1, 0.15) is 50.2 Å². The first kappa shape index (κ1) is 11.6. The van der Waals surface area contributed by atoms with Gasteiger partial charge < -0.3 is 5.32 Å². The van der Waals surface area contributed by atoms with Crippen LogP contribution in [0.2, 0.25) is 0 Å². The summed E-state index contributed by atoms with van der Waals surface area (Å²) >= 11 is 0. The van der Waals surface area contributed by atoms with Crippen molar-refractivity contribution in [3.05, 3.63) is 23.3 Å². The van der Waals surface area contributed by atoms with Gasteiger partial charge >= 0.3 is 0 Å². The van der Waals surface area contributed by atoms with Crippen LogP contribution in [-0.4, -0.2) is 16.2 Å². The number of hydrogen-bond donors (Lipinski definition) is 2. The number of aryl methyl sites for hydroxylation is 1. The number of fused-ring (bicyclic) bond motifs is 1. The molecule has 0 unspecified atom stereocenters. The Bertz CT molecular complexity index is 564. The Morgan fingerprint density at radius 2 is 2.11 bits per heavy atom. The Kier molecular flexibility index (Phi) is 2.77. The lowest BCUT2D eigenvalue weighted by Gasteiger charge is -2.26. The van der Waals surface area contributed by atoms with Gasteiger partial charge in [-0.2, -0.15) is 5.10 Å². The van der Waals surface area contributed by atoms with Crippen LogP contribution >= 0.6 is 0 Å². The fourth-order valence-corrected chi connectivity index (χ4v) is 2.84. The van der Waals surface area contributed by atoms with Gasteiger partial charge in [0.1, 0.15) is 0 Å². The molecule has 0 atom stereocenters. The number of hydrogen-bond acceptors (Lipinski definition) is 2. The number of aromatic amines is 1. The highest BCUT2D eigenvalue weighted by atomic mass is 15.2. The second kappa shape index (κ2) is 4.30. The molecule has 0 bridgehead atoms. The van der Waals surface area contributed by atoms with Crippen molar-refractivity contribution in [3.63, 3.8) is 0 Å². The standard InChI is InChI=1S/C15H21N3/c1-9(2)13-10(3)7-8-12-14(13)15(18-17-12)16-11-5-4-6-11/h7-9,11H,4-6H2,1-3H3,(H2,16,17,18). The first-order chi connectivity index (χ1) is 8.66. The van der Waals surface area contributed by atoms with Crippen LogP contribution in [-0.2, 0) is 0 Å². The maximum Gasteiger partial charge on any atom is 0.156 e. The zero-order valence-electron chi connectivity index (χ0n) is 11.4. The third-order valence-corrected chi connectivity index (χ3v) is 4.01. The molecule has 0 aliphatic heterocycles. The highest BCUT2D eigenvalue weighted by molar-refractivity contribution is 5.94. The summed E-state index contributed by atoms with van der Waals surface area (Å²) in [6, 6.07) is 4.94. The van der Waals surface area contributed by atoms with Crippen LogP contribution in [0.15, 0.2) is 12.1 Å². The van der Waals surface area contributed by atoms with E-state index >= 15 is 0 Å². The molecule has 1 saturated carbocycles. The van der Waals surface area contributed by atoms with E-state index in [0.29, 0.717) is 12.0 Å². The maximum absolute atomic E-state index is 4.47. The minimum Gasteiger partial charge on any atom is -0.365 e. The van der Waals surface area contributed by atoms with Crippen molar-refractivity contribution in [2.75, 3.05) is 5.32 Å². The summed E-state index contributed by atoms with van der Waals surface area (Å²) in [4.78, 5) is 0. The monoisotopic (exact) mass is 243 g/mol. The summed E-state index contributed by atoms with van der Waals surface area (Å²) in [5.41, 5.74) is 3.92. The minimum atomic E-state index is 0.522. The molecule has 18 heavy (non-hydrogen) atoms. The zero-order valence-corrected chi connectivity index (χ0v) is 11.4. The molecule has 0 saturated heterocycles. The van der Waals surface area contributed by atoms with Gasteiger partial charge in [-0.1, -0.05) is 19.9 Å². The van der Waals surface area contributed by atoms with Gasteiger partial charge in [-0.15, -0.1) is 0 Å². The molecule has 1 heterocycles.